The number of nitroso groups, excluding NO2 is 1. The van der Waals surface area contributed by atoms with Crippen molar-refractivity contribution < 1.29 is 32.6 Å². The fraction of sp³-hybridized carbons (Fsp3) is 0.136. The number of carbonyl (C=O) groups is 1. The molecule has 0 spiro atoms. The molecular formula is C22H16F2NO5S+. The number of hydrogen-bond donors (Lipinski definition) is 1. The van der Waals surface area contributed by atoms with Crippen LogP contribution in [-0.2, 0) is 6.54 Å². The van der Waals surface area contributed by atoms with Gasteiger partial charge in [-0.1, -0.05) is 29.5 Å². The lowest BCUT2D eigenvalue weighted by Gasteiger charge is -2.08. The zero-order chi connectivity index (χ0) is 22.1. The Morgan fingerprint density at radius 2 is 1.94 bits per heavy atom. The summed E-state index contributed by atoms with van der Waals surface area (Å²) in [4.78, 5) is 24.7. The summed E-state index contributed by atoms with van der Waals surface area (Å²) in [5.41, 5.74) is -0.155. The normalized spacial score (nSPS) is 11.1. The number of halogens is 2. The molecule has 4 aromatic rings. The quantitative estimate of drug-likeness (QED) is 0.346. The van der Waals surface area contributed by atoms with Crippen molar-refractivity contribution in [2.75, 3.05) is 6.61 Å². The Labute approximate surface area is 178 Å². The van der Waals surface area contributed by atoms with Gasteiger partial charge in [0.2, 0.25) is 5.82 Å². The van der Waals surface area contributed by atoms with E-state index in [1.54, 1.807) is 25.1 Å². The average Bonchev–Trinajstić information content (AvgIpc) is 3.35. The largest absolute Gasteiger partial charge is 0.491 e. The van der Waals surface area contributed by atoms with Crippen molar-refractivity contribution in [3.05, 3.63) is 75.7 Å². The van der Waals surface area contributed by atoms with Gasteiger partial charge in [0.15, 0.2) is 22.9 Å². The average molecular weight is 444 g/mol. The van der Waals surface area contributed by atoms with Crippen LogP contribution in [0.4, 0.5) is 13.8 Å². The molecule has 9 heteroatoms. The Balaban J connectivity index is 1.71. The molecule has 0 bridgehead atoms. The van der Waals surface area contributed by atoms with Gasteiger partial charge in [-0.2, -0.15) is 4.39 Å². The van der Waals surface area contributed by atoms with Crippen LogP contribution in [0.1, 0.15) is 23.0 Å². The van der Waals surface area contributed by atoms with Gasteiger partial charge in [-0.3, -0.25) is 0 Å². The number of para-hydroxylation sites is 1. The summed E-state index contributed by atoms with van der Waals surface area (Å²) in [7, 11) is 0. The van der Waals surface area contributed by atoms with Gasteiger partial charge in [-0.25, -0.2) is 9.18 Å². The molecule has 4 rings (SSSR count). The molecule has 0 unspecified atom stereocenters. The van der Waals surface area contributed by atoms with E-state index in [2.05, 4.69) is 0 Å². The third-order valence-electron chi connectivity index (χ3n) is 4.62. The lowest BCUT2D eigenvalue weighted by Crippen LogP contribution is -2.06. The van der Waals surface area contributed by atoms with Crippen molar-refractivity contribution in [3.8, 4) is 16.9 Å². The van der Waals surface area contributed by atoms with Crippen molar-refractivity contribution >= 4 is 33.3 Å². The topological polar surface area (TPSA) is 79.8 Å². The molecule has 0 aliphatic heterocycles. The van der Waals surface area contributed by atoms with Gasteiger partial charge in [0.25, 0.3) is 6.54 Å². The third kappa shape index (κ3) is 3.79. The molecule has 0 saturated heterocycles. The van der Waals surface area contributed by atoms with E-state index in [9.17, 15) is 23.6 Å². The molecule has 2 heterocycles. The monoisotopic (exact) mass is 444 g/mol. The molecule has 158 valence electrons. The van der Waals surface area contributed by atoms with Crippen LogP contribution < -0.4 is 4.74 Å². The Kier molecular flexibility index (Phi) is 5.51. The standard InChI is InChI=1S/C22H15F2NO5S/c1-2-29-17-8-7-14(19(23)20(17)24)15-11-31-21(18(15)22(26)27)25(28)10-13-9-12-5-3-4-6-16(12)30-13/h3-9,11H,2,10H2,1H3/p+1. The fourth-order valence-electron chi connectivity index (χ4n) is 3.27. The number of carboxylic acid groups (broad SMARTS) is 1. The van der Waals surface area contributed by atoms with Crippen molar-refractivity contribution in [2.24, 2.45) is 0 Å². The number of hydrogen-bond acceptors (Lipinski definition) is 5. The number of aromatic carboxylic acids is 1. The molecular weight excluding hydrogens is 428 g/mol. The number of carboxylic acids is 1. The summed E-state index contributed by atoms with van der Waals surface area (Å²) in [6.45, 7) is 1.53. The summed E-state index contributed by atoms with van der Waals surface area (Å²) in [5.74, 6) is -3.81. The first kappa shape index (κ1) is 20.7. The zero-order valence-electron chi connectivity index (χ0n) is 16.2. The molecule has 0 aliphatic carbocycles. The number of nitrogens with zero attached hydrogens (tertiary/aromatic N) is 1. The van der Waals surface area contributed by atoms with Crippen LogP contribution in [-0.4, -0.2) is 22.4 Å². The minimum atomic E-state index is -1.43. The highest BCUT2D eigenvalue weighted by atomic mass is 32.1. The molecule has 31 heavy (non-hydrogen) atoms. The summed E-state index contributed by atoms with van der Waals surface area (Å²) in [6.07, 6.45) is 0. The van der Waals surface area contributed by atoms with E-state index >= 15 is 0 Å². The van der Waals surface area contributed by atoms with Crippen molar-refractivity contribution in [3.63, 3.8) is 0 Å². The summed E-state index contributed by atoms with van der Waals surface area (Å²) in [6, 6.07) is 11.4. The summed E-state index contributed by atoms with van der Waals surface area (Å²) < 4.78 is 40.0. The number of ether oxygens (including phenoxy) is 1. The SMILES string of the molecule is CCOc1ccc(-c2csc([N+](=O)Cc3cc4ccccc4o3)c2C(=O)O)c(F)c1F. The minimum Gasteiger partial charge on any atom is -0.491 e. The first-order valence-electron chi connectivity index (χ1n) is 9.28. The van der Waals surface area contributed by atoms with Gasteiger partial charge in [-0.15, -0.1) is 0 Å². The fourth-order valence-corrected chi connectivity index (χ4v) is 4.24. The van der Waals surface area contributed by atoms with E-state index in [0.29, 0.717) is 16.1 Å². The van der Waals surface area contributed by atoms with Crippen molar-refractivity contribution in [2.45, 2.75) is 13.5 Å². The number of rotatable bonds is 7. The van der Waals surface area contributed by atoms with E-state index < -0.39 is 23.2 Å². The van der Waals surface area contributed by atoms with Crippen LogP contribution in [0.15, 0.2) is 52.3 Å². The van der Waals surface area contributed by atoms with E-state index in [-0.39, 0.29) is 35.0 Å². The number of fused-ring (bicyclic) bond motifs is 1. The summed E-state index contributed by atoms with van der Waals surface area (Å²) >= 11 is 0.833. The molecule has 0 atom stereocenters. The van der Waals surface area contributed by atoms with Gasteiger partial charge in [0.1, 0.15) is 5.58 Å². The van der Waals surface area contributed by atoms with Gasteiger partial charge in [-0.05, 0) is 31.2 Å². The maximum atomic E-state index is 14.6. The predicted molar refractivity (Wildman–Crippen MR) is 111 cm³/mol. The van der Waals surface area contributed by atoms with Crippen LogP contribution in [0.25, 0.3) is 22.1 Å². The van der Waals surface area contributed by atoms with Gasteiger partial charge in [0.05, 0.1) is 11.4 Å². The van der Waals surface area contributed by atoms with Crippen molar-refractivity contribution in [1.82, 2.24) is 0 Å². The minimum absolute atomic E-state index is 0.0857. The number of benzene rings is 2. The second-order valence-electron chi connectivity index (χ2n) is 6.59. The first-order valence-corrected chi connectivity index (χ1v) is 10.2. The third-order valence-corrected chi connectivity index (χ3v) is 5.61. The van der Waals surface area contributed by atoms with Crippen LogP contribution in [0, 0.1) is 16.5 Å². The first-order chi connectivity index (χ1) is 14.9. The van der Waals surface area contributed by atoms with E-state index in [1.165, 1.54) is 17.5 Å². The van der Waals surface area contributed by atoms with E-state index in [1.807, 2.05) is 12.1 Å². The van der Waals surface area contributed by atoms with Crippen LogP contribution in [0.3, 0.4) is 0 Å². The van der Waals surface area contributed by atoms with Crippen LogP contribution >= 0.6 is 11.3 Å². The molecule has 6 nitrogen and oxygen atoms in total. The predicted octanol–water partition coefficient (Wildman–Crippen LogP) is 6.15. The number of furan rings is 1. The molecule has 2 aromatic heterocycles. The van der Waals surface area contributed by atoms with E-state index in [0.717, 1.165) is 16.7 Å². The molecule has 0 aliphatic rings. The second kappa shape index (κ2) is 8.27. The number of thiophene rings is 1. The molecule has 1 N–H and O–H groups in total. The molecule has 0 radical (unpaired) electrons. The highest BCUT2D eigenvalue weighted by molar-refractivity contribution is 7.14. The smallest absolute Gasteiger partial charge is 0.344 e. The second-order valence-corrected chi connectivity index (χ2v) is 7.45. The molecule has 2 aromatic carbocycles. The van der Waals surface area contributed by atoms with Crippen molar-refractivity contribution in [1.29, 1.82) is 0 Å². The summed E-state index contributed by atoms with van der Waals surface area (Å²) in [5, 5.41) is 11.7. The Hall–Kier alpha value is -3.59. The molecule has 0 amide bonds. The highest BCUT2D eigenvalue weighted by Crippen LogP contribution is 2.40. The lowest BCUT2D eigenvalue weighted by molar-refractivity contribution is -0.478. The van der Waals surface area contributed by atoms with Gasteiger partial charge in [0, 0.05) is 26.8 Å². The van der Waals surface area contributed by atoms with E-state index in [4.69, 9.17) is 9.15 Å². The maximum absolute atomic E-state index is 14.6. The highest BCUT2D eigenvalue weighted by Gasteiger charge is 2.33. The molecule has 0 saturated carbocycles. The van der Waals surface area contributed by atoms with Gasteiger partial charge >= 0.3 is 11.0 Å². The Morgan fingerprint density at radius 1 is 1.16 bits per heavy atom. The molecule has 0 fully saturated rings. The zero-order valence-corrected chi connectivity index (χ0v) is 17.0. The lowest BCUT2D eigenvalue weighted by atomic mass is 10.0. The van der Waals surface area contributed by atoms with Crippen LogP contribution in [0.5, 0.6) is 5.75 Å². The van der Waals surface area contributed by atoms with Crippen LogP contribution in [0.2, 0.25) is 0 Å². The Bertz CT molecular complexity index is 1280. The van der Waals surface area contributed by atoms with Gasteiger partial charge < -0.3 is 14.3 Å². The maximum Gasteiger partial charge on any atom is 0.344 e. The Morgan fingerprint density at radius 3 is 2.65 bits per heavy atom.